The van der Waals surface area contributed by atoms with E-state index < -0.39 is 0 Å². The van der Waals surface area contributed by atoms with Crippen LogP contribution in [-0.2, 0) is 11.2 Å². The summed E-state index contributed by atoms with van der Waals surface area (Å²) in [5.41, 5.74) is 1.22. The maximum absolute atomic E-state index is 12.0. The van der Waals surface area contributed by atoms with Crippen molar-refractivity contribution in [2.75, 3.05) is 13.6 Å². The third-order valence-corrected chi connectivity index (χ3v) is 3.72. The van der Waals surface area contributed by atoms with Gasteiger partial charge in [-0.1, -0.05) is 0 Å². The van der Waals surface area contributed by atoms with Gasteiger partial charge in [0.05, 0.1) is 12.3 Å². The first-order chi connectivity index (χ1) is 8.63. The number of carbonyl (C=O) groups excluding carboxylic acids is 1. The molecule has 4 nitrogen and oxygen atoms in total. The van der Waals surface area contributed by atoms with Crippen LogP contribution in [0.15, 0.2) is 16.7 Å². The Balaban J connectivity index is 2.01. The van der Waals surface area contributed by atoms with Crippen molar-refractivity contribution in [2.45, 2.75) is 45.2 Å². The molecule has 4 heteroatoms. The third-order valence-electron chi connectivity index (χ3n) is 3.72. The van der Waals surface area contributed by atoms with Crippen LogP contribution in [0.1, 0.15) is 44.1 Å². The summed E-state index contributed by atoms with van der Waals surface area (Å²) in [5.74, 6) is 1.22. The number of nitrogens with one attached hydrogen (secondary N) is 1. The van der Waals surface area contributed by atoms with E-state index in [9.17, 15) is 4.79 Å². The van der Waals surface area contributed by atoms with Crippen molar-refractivity contribution in [1.82, 2.24) is 10.2 Å². The molecular formula is C14H22N2O2. The van der Waals surface area contributed by atoms with E-state index >= 15 is 0 Å². The molecule has 0 saturated heterocycles. The first-order valence-electron chi connectivity index (χ1n) is 6.70. The molecule has 1 amide bonds. The molecule has 18 heavy (non-hydrogen) atoms. The van der Waals surface area contributed by atoms with Gasteiger partial charge < -0.3 is 9.32 Å². The number of fused-ring (bicyclic) bond motifs is 1. The summed E-state index contributed by atoms with van der Waals surface area (Å²) < 4.78 is 5.46. The van der Waals surface area contributed by atoms with E-state index in [0.29, 0.717) is 0 Å². The third kappa shape index (κ3) is 2.58. The van der Waals surface area contributed by atoms with Crippen molar-refractivity contribution in [3.05, 3.63) is 23.7 Å². The molecule has 0 aliphatic heterocycles. The van der Waals surface area contributed by atoms with Crippen LogP contribution in [0.3, 0.4) is 0 Å². The molecule has 2 atom stereocenters. The van der Waals surface area contributed by atoms with Crippen LogP contribution < -0.4 is 5.32 Å². The Bertz CT molecular complexity index is 414. The van der Waals surface area contributed by atoms with Gasteiger partial charge in [-0.25, -0.2) is 0 Å². The first-order valence-corrected chi connectivity index (χ1v) is 6.70. The van der Waals surface area contributed by atoms with Crippen LogP contribution >= 0.6 is 0 Å². The Hall–Kier alpha value is -1.29. The van der Waals surface area contributed by atoms with E-state index in [1.165, 1.54) is 5.56 Å². The van der Waals surface area contributed by atoms with Gasteiger partial charge in [0.25, 0.3) is 0 Å². The molecule has 0 fully saturated rings. The van der Waals surface area contributed by atoms with Crippen molar-refractivity contribution in [1.29, 1.82) is 0 Å². The maximum Gasteiger partial charge on any atom is 0.239 e. The second-order valence-electron chi connectivity index (χ2n) is 4.98. The lowest BCUT2D eigenvalue weighted by atomic mass is 9.93. The van der Waals surface area contributed by atoms with Gasteiger partial charge in [-0.2, -0.15) is 0 Å². The fourth-order valence-electron chi connectivity index (χ4n) is 2.52. The van der Waals surface area contributed by atoms with Crippen molar-refractivity contribution in [2.24, 2.45) is 0 Å². The zero-order valence-electron chi connectivity index (χ0n) is 11.4. The topological polar surface area (TPSA) is 45.5 Å². The lowest BCUT2D eigenvalue weighted by molar-refractivity contribution is -0.131. The molecule has 100 valence electrons. The highest BCUT2D eigenvalue weighted by Crippen LogP contribution is 2.30. The van der Waals surface area contributed by atoms with E-state index in [0.717, 1.165) is 31.6 Å². The number of aryl methyl sites for hydroxylation is 1. The predicted molar refractivity (Wildman–Crippen MR) is 70.3 cm³/mol. The monoisotopic (exact) mass is 250 g/mol. The Morgan fingerprint density at radius 3 is 3.17 bits per heavy atom. The van der Waals surface area contributed by atoms with Gasteiger partial charge >= 0.3 is 0 Å². The van der Waals surface area contributed by atoms with Crippen molar-refractivity contribution in [3.63, 3.8) is 0 Å². The minimum absolute atomic E-state index is 0.146. The molecule has 0 bridgehead atoms. The van der Waals surface area contributed by atoms with Crippen LogP contribution in [0.25, 0.3) is 0 Å². The van der Waals surface area contributed by atoms with Crippen LogP contribution in [-0.4, -0.2) is 30.4 Å². The second kappa shape index (κ2) is 5.57. The molecule has 1 aromatic heterocycles. The number of hydrogen-bond donors (Lipinski definition) is 1. The maximum atomic E-state index is 12.0. The fourth-order valence-corrected chi connectivity index (χ4v) is 2.52. The number of amides is 1. The van der Waals surface area contributed by atoms with E-state index in [1.54, 1.807) is 11.2 Å². The average molecular weight is 250 g/mol. The summed E-state index contributed by atoms with van der Waals surface area (Å²) in [6.07, 6.45) is 4.94. The summed E-state index contributed by atoms with van der Waals surface area (Å²) in [7, 11) is 1.84. The Morgan fingerprint density at radius 2 is 2.44 bits per heavy atom. The molecule has 1 aliphatic carbocycles. The van der Waals surface area contributed by atoms with Gasteiger partial charge in [0, 0.05) is 31.6 Å². The normalized spacial score (nSPS) is 20.3. The first kappa shape index (κ1) is 13.1. The molecule has 2 unspecified atom stereocenters. The van der Waals surface area contributed by atoms with Crippen molar-refractivity contribution >= 4 is 5.91 Å². The zero-order valence-corrected chi connectivity index (χ0v) is 11.4. The molecule has 1 N–H and O–H groups in total. The van der Waals surface area contributed by atoms with Gasteiger partial charge in [0.2, 0.25) is 5.91 Å². The highest BCUT2D eigenvalue weighted by atomic mass is 16.3. The molecular weight excluding hydrogens is 228 g/mol. The summed E-state index contributed by atoms with van der Waals surface area (Å²) in [6.45, 7) is 4.66. The molecule has 0 spiro atoms. The molecule has 2 rings (SSSR count). The zero-order chi connectivity index (χ0) is 13.1. The summed E-state index contributed by atoms with van der Waals surface area (Å²) in [4.78, 5) is 13.8. The van der Waals surface area contributed by atoms with E-state index in [2.05, 4.69) is 5.32 Å². The summed E-state index contributed by atoms with van der Waals surface area (Å²) in [6, 6.07) is 2.12. The Morgan fingerprint density at radius 1 is 1.67 bits per heavy atom. The number of likely N-dealkylation sites (N-methyl/N-ethyl adjacent to an activating group) is 1. The van der Waals surface area contributed by atoms with Crippen LogP contribution in [0.2, 0.25) is 0 Å². The minimum Gasteiger partial charge on any atom is -0.469 e. The summed E-state index contributed by atoms with van der Waals surface area (Å²) >= 11 is 0. The van der Waals surface area contributed by atoms with E-state index in [1.807, 2.05) is 27.0 Å². The van der Waals surface area contributed by atoms with Crippen LogP contribution in [0.4, 0.5) is 0 Å². The lowest BCUT2D eigenvalue weighted by Gasteiger charge is -2.28. The number of nitrogens with zero attached hydrogens (tertiary/aromatic N) is 1. The molecule has 0 aromatic carbocycles. The SMILES string of the molecule is CCN(C)C(=O)C(C)NC1CCCc2occc21. The van der Waals surface area contributed by atoms with Gasteiger partial charge in [0.1, 0.15) is 5.76 Å². The number of furan rings is 1. The number of hydrogen-bond acceptors (Lipinski definition) is 3. The molecule has 0 saturated carbocycles. The van der Waals surface area contributed by atoms with E-state index in [4.69, 9.17) is 4.42 Å². The quantitative estimate of drug-likeness (QED) is 0.890. The number of carbonyl (C=O) groups is 1. The molecule has 1 aromatic rings. The van der Waals surface area contributed by atoms with Crippen LogP contribution in [0.5, 0.6) is 0 Å². The smallest absolute Gasteiger partial charge is 0.239 e. The fraction of sp³-hybridized carbons (Fsp3) is 0.643. The lowest BCUT2D eigenvalue weighted by Crippen LogP contribution is -2.44. The summed E-state index contributed by atoms with van der Waals surface area (Å²) in [5, 5.41) is 3.42. The van der Waals surface area contributed by atoms with Gasteiger partial charge in [0.15, 0.2) is 0 Å². The standard InChI is InChI=1S/C14H22N2O2/c1-4-16(3)14(17)10(2)15-12-6-5-7-13-11(12)8-9-18-13/h8-10,12,15H,4-7H2,1-3H3. The highest BCUT2D eigenvalue weighted by molar-refractivity contribution is 5.81. The van der Waals surface area contributed by atoms with E-state index in [-0.39, 0.29) is 18.0 Å². The van der Waals surface area contributed by atoms with Crippen LogP contribution in [0, 0.1) is 0 Å². The molecule has 1 aliphatic rings. The predicted octanol–water partition coefficient (Wildman–Crippen LogP) is 2.11. The molecule has 0 radical (unpaired) electrons. The van der Waals surface area contributed by atoms with Crippen molar-refractivity contribution in [3.8, 4) is 0 Å². The second-order valence-corrected chi connectivity index (χ2v) is 4.98. The largest absolute Gasteiger partial charge is 0.469 e. The highest BCUT2D eigenvalue weighted by Gasteiger charge is 2.26. The Labute approximate surface area is 108 Å². The Kier molecular flexibility index (Phi) is 4.07. The van der Waals surface area contributed by atoms with Gasteiger partial charge in [-0.3, -0.25) is 10.1 Å². The van der Waals surface area contributed by atoms with Gasteiger partial charge in [-0.15, -0.1) is 0 Å². The number of rotatable bonds is 4. The van der Waals surface area contributed by atoms with Gasteiger partial charge in [-0.05, 0) is 32.8 Å². The molecule has 1 heterocycles. The average Bonchev–Trinajstić information content (AvgIpc) is 2.86. The van der Waals surface area contributed by atoms with Crippen molar-refractivity contribution < 1.29 is 9.21 Å². The minimum atomic E-state index is -0.152.